The van der Waals surface area contributed by atoms with E-state index in [2.05, 4.69) is 26.0 Å². The fourth-order valence-corrected chi connectivity index (χ4v) is 2.21. The SMILES string of the molecule is NNC(=O)C1CCC(Cn2nc([N+](=O)[O-])nc2Br)O1. The van der Waals surface area contributed by atoms with Crippen molar-refractivity contribution in [3.63, 3.8) is 0 Å². The summed E-state index contributed by atoms with van der Waals surface area (Å²) in [6.07, 6.45) is 0.326. The molecule has 0 saturated carbocycles. The van der Waals surface area contributed by atoms with Crippen molar-refractivity contribution in [3.8, 4) is 0 Å². The van der Waals surface area contributed by atoms with E-state index in [-0.39, 0.29) is 23.3 Å². The van der Waals surface area contributed by atoms with Gasteiger partial charge in [-0.15, -0.1) is 0 Å². The van der Waals surface area contributed by atoms with E-state index in [0.29, 0.717) is 12.8 Å². The summed E-state index contributed by atoms with van der Waals surface area (Å²) in [6.45, 7) is 0.274. The molecule has 2 heterocycles. The topological polar surface area (TPSA) is 138 Å². The van der Waals surface area contributed by atoms with Crippen molar-refractivity contribution in [1.82, 2.24) is 20.2 Å². The molecular formula is C8H11BrN6O4. The Morgan fingerprint density at radius 1 is 1.68 bits per heavy atom. The number of nitro groups is 1. The first-order valence-electron chi connectivity index (χ1n) is 5.42. The van der Waals surface area contributed by atoms with E-state index in [1.807, 2.05) is 5.43 Å². The molecule has 1 aliphatic rings. The maximum atomic E-state index is 11.3. The van der Waals surface area contributed by atoms with Crippen molar-refractivity contribution in [3.05, 3.63) is 14.8 Å². The monoisotopic (exact) mass is 334 g/mol. The van der Waals surface area contributed by atoms with Gasteiger partial charge in [0, 0.05) is 21.0 Å². The van der Waals surface area contributed by atoms with Crippen LogP contribution in [0.3, 0.4) is 0 Å². The Bertz CT molecular complexity index is 505. The van der Waals surface area contributed by atoms with Crippen LogP contribution < -0.4 is 11.3 Å². The maximum Gasteiger partial charge on any atom is 0.492 e. The molecule has 1 aromatic heterocycles. The zero-order valence-electron chi connectivity index (χ0n) is 9.65. The van der Waals surface area contributed by atoms with Gasteiger partial charge in [0.2, 0.25) is 0 Å². The number of ether oxygens (including phenoxy) is 1. The predicted octanol–water partition coefficient (Wildman–Crippen LogP) is -0.514. The molecule has 2 atom stereocenters. The molecule has 2 unspecified atom stereocenters. The number of carbonyl (C=O) groups is 1. The highest BCUT2D eigenvalue weighted by Crippen LogP contribution is 2.22. The largest absolute Gasteiger partial charge is 0.492 e. The minimum Gasteiger partial charge on any atom is -0.390 e. The van der Waals surface area contributed by atoms with Gasteiger partial charge in [-0.25, -0.2) is 5.84 Å². The van der Waals surface area contributed by atoms with E-state index in [0.717, 1.165) is 0 Å². The summed E-state index contributed by atoms with van der Waals surface area (Å²) in [5.74, 6) is 4.15. The fourth-order valence-electron chi connectivity index (χ4n) is 1.82. The van der Waals surface area contributed by atoms with Crippen LogP contribution in [0.15, 0.2) is 4.73 Å². The zero-order valence-corrected chi connectivity index (χ0v) is 11.2. The van der Waals surface area contributed by atoms with Crippen molar-refractivity contribution in [2.75, 3.05) is 0 Å². The summed E-state index contributed by atoms with van der Waals surface area (Å²) in [7, 11) is 0. The fraction of sp³-hybridized carbons (Fsp3) is 0.625. The second-order valence-corrected chi connectivity index (χ2v) is 4.66. The smallest absolute Gasteiger partial charge is 0.390 e. The number of halogens is 1. The van der Waals surface area contributed by atoms with Gasteiger partial charge < -0.3 is 14.9 Å². The highest BCUT2D eigenvalue weighted by Gasteiger charge is 2.32. The normalized spacial score (nSPS) is 22.4. The first-order chi connectivity index (χ1) is 9.01. The summed E-state index contributed by atoms with van der Waals surface area (Å²) < 4.78 is 7.04. The lowest BCUT2D eigenvalue weighted by Gasteiger charge is -2.11. The van der Waals surface area contributed by atoms with Gasteiger partial charge in [0.25, 0.3) is 10.6 Å². The molecule has 0 spiro atoms. The lowest BCUT2D eigenvalue weighted by Crippen LogP contribution is -2.39. The number of amides is 1. The molecule has 10 nitrogen and oxygen atoms in total. The van der Waals surface area contributed by atoms with Crippen LogP contribution in [0, 0.1) is 10.1 Å². The van der Waals surface area contributed by atoms with E-state index in [1.54, 1.807) is 0 Å². The van der Waals surface area contributed by atoms with Crippen LogP contribution >= 0.6 is 15.9 Å². The van der Waals surface area contributed by atoms with Gasteiger partial charge in [0.1, 0.15) is 6.10 Å². The van der Waals surface area contributed by atoms with Gasteiger partial charge in [-0.05, 0) is 22.7 Å². The second-order valence-electron chi connectivity index (χ2n) is 3.95. The first kappa shape index (κ1) is 13.8. The molecule has 104 valence electrons. The Kier molecular flexibility index (Phi) is 4.07. The summed E-state index contributed by atoms with van der Waals surface area (Å²) in [5, 5.41) is 14.2. The number of nitrogens with two attached hydrogens (primary N) is 1. The van der Waals surface area contributed by atoms with Crippen molar-refractivity contribution >= 4 is 27.8 Å². The first-order valence-corrected chi connectivity index (χ1v) is 6.21. The number of rotatable bonds is 4. The molecular weight excluding hydrogens is 324 g/mol. The molecule has 1 saturated heterocycles. The number of hydrogen-bond donors (Lipinski definition) is 2. The molecule has 0 aliphatic carbocycles. The quantitative estimate of drug-likeness (QED) is 0.327. The van der Waals surface area contributed by atoms with Gasteiger partial charge in [-0.3, -0.25) is 10.2 Å². The molecule has 3 N–H and O–H groups in total. The number of aromatic nitrogens is 3. The number of hydrazine groups is 1. The van der Waals surface area contributed by atoms with Gasteiger partial charge in [0.05, 0.1) is 12.6 Å². The zero-order chi connectivity index (χ0) is 14.0. The Balaban J connectivity index is 1.99. The summed E-state index contributed by atoms with van der Waals surface area (Å²) >= 11 is 3.08. The van der Waals surface area contributed by atoms with E-state index in [9.17, 15) is 14.9 Å². The third-order valence-electron chi connectivity index (χ3n) is 2.70. The molecule has 19 heavy (non-hydrogen) atoms. The number of hydrogen-bond acceptors (Lipinski definition) is 7. The molecule has 0 radical (unpaired) electrons. The average molecular weight is 335 g/mol. The molecule has 1 fully saturated rings. The minimum absolute atomic E-state index is 0.245. The van der Waals surface area contributed by atoms with Crippen molar-refractivity contribution in [2.45, 2.75) is 31.6 Å². The molecule has 1 aliphatic heterocycles. The standard InChI is InChI=1S/C8H11BrN6O4/c9-7-11-8(15(17)18)13-14(7)3-4-1-2-5(19-4)6(16)12-10/h4-5H,1-3,10H2,(H,12,16). The average Bonchev–Trinajstić information content (AvgIpc) is 2.97. The van der Waals surface area contributed by atoms with Crippen molar-refractivity contribution < 1.29 is 14.5 Å². The van der Waals surface area contributed by atoms with Gasteiger partial charge >= 0.3 is 5.95 Å². The van der Waals surface area contributed by atoms with Crippen LogP contribution in [0.1, 0.15) is 12.8 Å². The van der Waals surface area contributed by atoms with E-state index >= 15 is 0 Å². The third-order valence-corrected chi connectivity index (χ3v) is 3.28. The van der Waals surface area contributed by atoms with E-state index in [4.69, 9.17) is 10.6 Å². The van der Waals surface area contributed by atoms with Gasteiger partial charge in [0.15, 0.2) is 0 Å². The lowest BCUT2D eigenvalue weighted by molar-refractivity contribution is -0.394. The Hall–Kier alpha value is -1.59. The molecule has 0 bridgehead atoms. The molecule has 2 rings (SSSR count). The van der Waals surface area contributed by atoms with Crippen LogP contribution in [-0.4, -0.2) is 37.8 Å². The summed E-state index contributed by atoms with van der Waals surface area (Å²) in [4.78, 5) is 24.8. The third kappa shape index (κ3) is 3.05. The van der Waals surface area contributed by atoms with Crippen LogP contribution in [0.5, 0.6) is 0 Å². The Morgan fingerprint density at radius 3 is 3.00 bits per heavy atom. The lowest BCUT2D eigenvalue weighted by atomic mass is 10.2. The maximum absolute atomic E-state index is 11.3. The van der Waals surface area contributed by atoms with Crippen LogP contribution in [0.2, 0.25) is 0 Å². The molecule has 0 aromatic carbocycles. The molecule has 1 aromatic rings. The summed E-state index contributed by atoms with van der Waals surface area (Å²) in [5.41, 5.74) is 2.02. The predicted molar refractivity (Wildman–Crippen MR) is 64.6 cm³/mol. The highest BCUT2D eigenvalue weighted by molar-refractivity contribution is 9.10. The van der Waals surface area contributed by atoms with E-state index in [1.165, 1.54) is 4.68 Å². The highest BCUT2D eigenvalue weighted by atomic mass is 79.9. The number of nitrogens with one attached hydrogen (secondary N) is 1. The van der Waals surface area contributed by atoms with Crippen LogP contribution in [-0.2, 0) is 16.1 Å². The van der Waals surface area contributed by atoms with Crippen molar-refractivity contribution in [2.24, 2.45) is 5.84 Å². The van der Waals surface area contributed by atoms with Crippen molar-refractivity contribution in [1.29, 1.82) is 0 Å². The Morgan fingerprint density at radius 2 is 2.42 bits per heavy atom. The Labute approximate surface area is 115 Å². The summed E-state index contributed by atoms with van der Waals surface area (Å²) in [6, 6.07) is 0. The molecule has 11 heteroatoms. The van der Waals surface area contributed by atoms with Gasteiger partial charge in [-0.2, -0.15) is 4.68 Å². The minimum atomic E-state index is -0.679. The number of nitrogens with zero attached hydrogens (tertiary/aromatic N) is 4. The second kappa shape index (κ2) is 5.59. The number of carbonyl (C=O) groups excluding carboxylic acids is 1. The van der Waals surface area contributed by atoms with Crippen LogP contribution in [0.25, 0.3) is 0 Å². The molecule has 1 amide bonds. The van der Waals surface area contributed by atoms with E-state index < -0.39 is 17.0 Å². The van der Waals surface area contributed by atoms with Crippen LogP contribution in [0.4, 0.5) is 5.95 Å². The van der Waals surface area contributed by atoms with Gasteiger partial charge in [-0.1, -0.05) is 0 Å².